The molecule has 92 valence electrons. The van der Waals surface area contributed by atoms with Crippen molar-refractivity contribution in [2.45, 2.75) is 10.1 Å². The van der Waals surface area contributed by atoms with Gasteiger partial charge in [-0.1, -0.05) is 11.6 Å². The summed E-state index contributed by atoms with van der Waals surface area (Å²) in [6.45, 7) is 0. The van der Waals surface area contributed by atoms with E-state index < -0.39 is 5.97 Å². The molecule has 0 bridgehead atoms. The molecular weight excluding hydrogens is 340 g/mol. The van der Waals surface area contributed by atoms with Gasteiger partial charge in [-0.25, -0.2) is 14.8 Å². The van der Waals surface area contributed by atoms with Crippen LogP contribution in [0.4, 0.5) is 0 Å². The van der Waals surface area contributed by atoms with Gasteiger partial charge in [0.1, 0.15) is 0 Å². The molecule has 1 heterocycles. The molecule has 0 aliphatic rings. The van der Waals surface area contributed by atoms with Crippen LogP contribution in [0.1, 0.15) is 10.4 Å². The normalized spacial score (nSPS) is 10.3. The van der Waals surface area contributed by atoms with Crippen molar-refractivity contribution in [2.75, 3.05) is 0 Å². The quantitative estimate of drug-likeness (QED) is 0.859. The van der Waals surface area contributed by atoms with Gasteiger partial charge in [-0.15, -0.1) is 0 Å². The van der Waals surface area contributed by atoms with Crippen LogP contribution in [-0.4, -0.2) is 21.0 Å². The molecule has 2 aromatic rings. The van der Waals surface area contributed by atoms with Crippen molar-refractivity contribution >= 4 is 45.3 Å². The van der Waals surface area contributed by atoms with Crippen LogP contribution in [0.5, 0.6) is 0 Å². The molecule has 0 fully saturated rings. The van der Waals surface area contributed by atoms with Gasteiger partial charge in [0.2, 0.25) is 0 Å². The third kappa shape index (κ3) is 3.22. The van der Waals surface area contributed by atoms with Gasteiger partial charge in [0.05, 0.1) is 15.1 Å². The predicted molar refractivity (Wildman–Crippen MR) is 72.3 cm³/mol. The molecule has 0 amide bonds. The van der Waals surface area contributed by atoms with Crippen molar-refractivity contribution in [1.29, 1.82) is 0 Å². The third-order valence-electron chi connectivity index (χ3n) is 1.97. The molecule has 0 saturated carbocycles. The summed E-state index contributed by atoms with van der Waals surface area (Å²) in [5.74, 6) is -1.06. The fourth-order valence-electron chi connectivity index (χ4n) is 1.19. The second-order valence-electron chi connectivity index (χ2n) is 3.23. The van der Waals surface area contributed by atoms with Crippen LogP contribution in [0.3, 0.4) is 0 Å². The minimum Gasteiger partial charge on any atom is -0.478 e. The van der Waals surface area contributed by atoms with Gasteiger partial charge in [-0.05, 0) is 45.9 Å². The Morgan fingerprint density at radius 3 is 2.61 bits per heavy atom. The van der Waals surface area contributed by atoms with Crippen LogP contribution in [0.2, 0.25) is 5.02 Å². The van der Waals surface area contributed by atoms with Gasteiger partial charge < -0.3 is 5.11 Å². The summed E-state index contributed by atoms with van der Waals surface area (Å²) in [7, 11) is 0. The summed E-state index contributed by atoms with van der Waals surface area (Å²) in [6.07, 6.45) is 3.26. The highest BCUT2D eigenvalue weighted by Gasteiger charge is 2.10. The highest BCUT2D eigenvalue weighted by Crippen LogP contribution is 2.28. The maximum Gasteiger partial charge on any atom is 0.337 e. The van der Waals surface area contributed by atoms with Crippen molar-refractivity contribution in [3.8, 4) is 0 Å². The Morgan fingerprint density at radius 2 is 2.00 bits per heavy atom. The van der Waals surface area contributed by atoms with Crippen LogP contribution in [0.15, 0.2) is 45.1 Å². The number of carboxylic acids is 1. The van der Waals surface area contributed by atoms with Crippen LogP contribution >= 0.6 is 39.3 Å². The maximum absolute atomic E-state index is 10.9. The van der Waals surface area contributed by atoms with Crippen LogP contribution < -0.4 is 0 Å². The van der Waals surface area contributed by atoms with Gasteiger partial charge in [0.25, 0.3) is 0 Å². The standard InChI is InChI=1S/C11H6BrClN2O2S/c12-6-4-14-11(15-5-6)18-7-1-2-9(13)8(3-7)10(16)17/h1-5H,(H,16,17). The number of halogens is 2. The summed E-state index contributed by atoms with van der Waals surface area (Å²) in [6, 6.07) is 4.78. The summed E-state index contributed by atoms with van der Waals surface area (Å²) >= 11 is 10.3. The highest BCUT2D eigenvalue weighted by atomic mass is 79.9. The molecule has 4 nitrogen and oxygen atoms in total. The maximum atomic E-state index is 10.9. The lowest BCUT2D eigenvalue weighted by Crippen LogP contribution is -1.97. The number of hydrogen-bond donors (Lipinski definition) is 1. The fourth-order valence-corrected chi connectivity index (χ4v) is 2.33. The highest BCUT2D eigenvalue weighted by molar-refractivity contribution is 9.10. The number of aromatic nitrogens is 2. The summed E-state index contributed by atoms with van der Waals surface area (Å²) in [5, 5.41) is 9.71. The monoisotopic (exact) mass is 344 g/mol. The van der Waals surface area contributed by atoms with Crippen LogP contribution in [0, 0.1) is 0 Å². The minimum atomic E-state index is -1.06. The van der Waals surface area contributed by atoms with Crippen molar-refractivity contribution < 1.29 is 9.90 Å². The number of aromatic carboxylic acids is 1. The third-order valence-corrected chi connectivity index (χ3v) is 3.60. The van der Waals surface area contributed by atoms with E-state index in [2.05, 4.69) is 25.9 Å². The molecular formula is C11H6BrClN2O2S. The number of hydrogen-bond acceptors (Lipinski definition) is 4. The van der Waals surface area contributed by atoms with Crippen molar-refractivity contribution in [2.24, 2.45) is 0 Å². The molecule has 0 radical (unpaired) electrons. The van der Waals surface area contributed by atoms with Gasteiger partial charge in [0.15, 0.2) is 5.16 Å². The van der Waals surface area contributed by atoms with Crippen molar-refractivity contribution in [1.82, 2.24) is 9.97 Å². The molecule has 2 rings (SSSR count). The number of carboxylic acid groups (broad SMARTS) is 1. The van der Waals surface area contributed by atoms with E-state index in [4.69, 9.17) is 16.7 Å². The first-order chi connectivity index (χ1) is 8.56. The average molecular weight is 346 g/mol. The first-order valence-corrected chi connectivity index (χ1v) is 6.73. The van der Waals surface area contributed by atoms with E-state index in [0.29, 0.717) is 5.16 Å². The second kappa shape index (κ2) is 5.69. The molecule has 7 heteroatoms. The lowest BCUT2D eigenvalue weighted by Gasteiger charge is -2.03. The molecule has 1 N–H and O–H groups in total. The summed E-state index contributed by atoms with van der Waals surface area (Å²) in [4.78, 5) is 19.9. The van der Waals surface area contributed by atoms with E-state index in [0.717, 1.165) is 9.37 Å². The first-order valence-electron chi connectivity index (χ1n) is 4.74. The molecule has 0 atom stereocenters. The van der Waals surface area contributed by atoms with Gasteiger partial charge in [0, 0.05) is 17.3 Å². The molecule has 0 unspecified atom stereocenters. The van der Waals surface area contributed by atoms with E-state index in [1.807, 2.05) is 0 Å². The molecule has 0 aliphatic carbocycles. The largest absolute Gasteiger partial charge is 0.478 e. The Bertz CT molecular complexity index is 592. The Kier molecular flexibility index (Phi) is 4.21. The van der Waals surface area contributed by atoms with E-state index >= 15 is 0 Å². The number of nitrogens with zero attached hydrogens (tertiary/aromatic N) is 2. The average Bonchev–Trinajstić information content (AvgIpc) is 2.34. The molecule has 1 aromatic heterocycles. The smallest absolute Gasteiger partial charge is 0.337 e. The molecule has 1 aromatic carbocycles. The van der Waals surface area contributed by atoms with E-state index in [1.165, 1.54) is 17.8 Å². The zero-order chi connectivity index (χ0) is 13.1. The van der Waals surface area contributed by atoms with Gasteiger partial charge in [-0.3, -0.25) is 0 Å². The lowest BCUT2D eigenvalue weighted by atomic mass is 10.2. The van der Waals surface area contributed by atoms with Gasteiger partial charge >= 0.3 is 5.97 Å². The lowest BCUT2D eigenvalue weighted by molar-refractivity contribution is 0.0697. The van der Waals surface area contributed by atoms with Crippen molar-refractivity contribution in [3.05, 3.63) is 45.7 Å². The van der Waals surface area contributed by atoms with E-state index in [-0.39, 0.29) is 10.6 Å². The Balaban J connectivity index is 2.27. The Hall–Kier alpha value is -1.11. The number of rotatable bonds is 3. The zero-order valence-electron chi connectivity index (χ0n) is 8.80. The second-order valence-corrected chi connectivity index (χ2v) is 5.60. The molecule has 18 heavy (non-hydrogen) atoms. The molecule has 0 aliphatic heterocycles. The predicted octanol–water partition coefficient (Wildman–Crippen LogP) is 3.74. The summed E-state index contributed by atoms with van der Waals surface area (Å²) in [5.41, 5.74) is 0.0683. The zero-order valence-corrected chi connectivity index (χ0v) is 12.0. The Morgan fingerprint density at radius 1 is 1.33 bits per heavy atom. The SMILES string of the molecule is O=C(O)c1cc(Sc2ncc(Br)cn2)ccc1Cl. The fraction of sp³-hybridized carbons (Fsp3) is 0. The molecule has 0 spiro atoms. The molecule has 0 saturated heterocycles. The number of benzene rings is 1. The van der Waals surface area contributed by atoms with Gasteiger partial charge in [-0.2, -0.15) is 0 Å². The minimum absolute atomic E-state index is 0.0683. The number of carbonyl (C=O) groups is 1. The summed E-state index contributed by atoms with van der Waals surface area (Å²) < 4.78 is 0.786. The van der Waals surface area contributed by atoms with E-state index in [1.54, 1.807) is 24.5 Å². The van der Waals surface area contributed by atoms with Crippen LogP contribution in [-0.2, 0) is 0 Å². The topological polar surface area (TPSA) is 63.1 Å². The van der Waals surface area contributed by atoms with Crippen LogP contribution in [0.25, 0.3) is 0 Å². The van der Waals surface area contributed by atoms with Crippen molar-refractivity contribution in [3.63, 3.8) is 0 Å². The Labute approximate surface area is 121 Å². The van der Waals surface area contributed by atoms with E-state index in [9.17, 15) is 4.79 Å². The first kappa shape index (κ1) is 13.3.